The third kappa shape index (κ3) is 5.46. The summed E-state index contributed by atoms with van der Waals surface area (Å²) >= 11 is 0. The first-order valence-corrected chi connectivity index (χ1v) is 11.5. The number of ketones is 1. The maximum absolute atomic E-state index is 13.0. The van der Waals surface area contributed by atoms with E-state index in [1.165, 1.54) is 18.2 Å². The number of Topliss-reactive ketones (excluding diaryl/α,β-unsaturated/α-hetero) is 1. The zero-order valence-electron chi connectivity index (χ0n) is 20.3. The zero-order chi connectivity index (χ0) is 26.9. The largest absolute Gasteiger partial charge is 0.573 e. The highest BCUT2D eigenvalue weighted by atomic mass is 19.4. The Morgan fingerprint density at radius 1 is 1.05 bits per heavy atom. The highest BCUT2D eigenvalue weighted by Crippen LogP contribution is 2.29. The Balaban J connectivity index is 1.44. The van der Waals surface area contributed by atoms with Crippen molar-refractivity contribution in [2.45, 2.75) is 19.7 Å². The Morgan fingerprint density at radius 3 is 2.61 bits per heavy atom. The molecule has 0 amide bonds. The van der Waals surface area contributed by atoms with Gasteiger partial charge in [-0.15, -0.1) is 13.2 Å². The summed E-state index contributed by atoms with van der Waals surface area (Å²) in [6.45, 7) is 1.88. The third-order valence-corrected chi connectivity index (χ3v) is 5.81. The van der Waals surface area contributed by atoms with Crippen molar-refractivity contribution >= 4 is 28.5 Å². The lowest BCUT2D eigenvalue weighted by atomic mass is 10.0. The number of hydrogen-bond donors (Lipinski definition) is 1. The lowest BCUT2D eigenvalue weighted by Crippen LogP contribution is -2.17. The summed E-state index contributed by atoms with van der Waals surface area (Å²) in [5.74, 6) is 0.312. The van der Waals surface area contributed by atoms with Gasteiger partial charge >= 0.3 is 6.36 Å². The molecular weight excluding hydrogens is 497 g/mol. The van der Waals surface area contributed by atoms with Crippen LogP contribution in [0.25, 0.3) is 22.6 Å². The fourth-order valence-electron chi connectivity index (χ4n) is 3.92. The van der Waals surface area contributed by atoms with Crippen molar-refractivity contribution in [3.8, 4) is 17.1 Å². The maximum atomic E-state index is 13.0. The summed E-state index contributed by atoms with van der Waals surface area (Å²) in [5, 5.41) is 3.29. The average Bonchev–Trinajstić information content (AvgIpc) is 3.26. The summed E-state index contributed by atoms with van der Waals surface area (Å²) in [5.41, 5.74) is 4.25. The number of fused-ring (bicyclic) bond motifs is 1. The molecule has 0 aliphatic heterocycles. The molecule has 0 aliphatic carbocycles. The van der Waals surface area contributed by atoms with Crippen LogP contribution in [0.5, 0.6) is 5.75 Å². The van der Waals surface area contributed by atoms with E-state index >= 15 is 0 Å². The molecule has 0 atom stereocenters. The number of benzene rings is 2. The molecule has 38 heavy (non-hydrogen) atoms. The first-order valence-electron chi connectivity index (χ1n) is 11.5. The summed E-state index contributed by atoms with van der Waals surface area (Å²) in [4.78, 5) is 30.8. The Morgan fingerprint density at radius 2 is 1.84 bits per heavy atom. The van der Waals surface area contributed by atoms with Crippen LogP contribution >= 0.6 is 0 Å². The van der Waals surface area contributed by atoms with E-state index in [0.717, 1.165) is 11.1 Å². The molecule has 1 N–H and O–H groups in total. The number of anilines is 2. The first-order chi connectivity index (χ1) is 18.2. The van der Waals surface area contributed by atoms with Gasteiger partial charge in [-0.3, -0.25) is 9.78 Å². The highest BCUT2D eigenvalue weighted by Gasteiger charge is 2.31. The molecule has 11 heteroatoms. The van der Waals surface area contributed by atoms with E-state index < -0.39 is 6.36 Å². The Hall–Kier alpha value is -4.80. The lowest BCUT2D eigenvalue weighted by Gasteiger charge is -2.13. The molecule has 3 aromatic heterocycles. The van der Waals surface area contributed by atoms with E-state index in [0.29, 0.717) is 39.6 Å². The number of imidazole rings is 1. The number of nitrogens with one attached hydrogen (secondary N) is 1. The van der Waals surface area contributed by atoms with Crippen LogP contribution < -0.4 is 10.1 Å². The molecule has 0 saturated carbocycles. The molecular formula is C27H21F3N6O2. The van der Waals surface area contributed by atoms with E-state index in [9.17, 15) is 18.0 Å². The van der Waals surface area contributed by atoms with Gasteiger partial charge in [0.05, 0.1) is 6.33 Å². The van der Waals surface area contributed by atoms with E-state index in [1.807, 2.05) is 14.0 Å². The van der Waals surface area contributed by atoms with Gasteiger partial charge in [0.25, 0.3) is 0 Å². The van der Waals surface area contributed by atoms with Crippen LogP contribution in [0, 0.1) is 6.92 Å². The van der Waals surface area contributed by atoms with Crippen LogP contribution in [-0.4, -0.2) is 36.6 Å². The molecule has 5 rings (SSSR count). The number of aromatic nitrogens is 5. The van der Waals surface area contributed by atoms with Crippen molar-refractivity contribution in [2.75, 3.05) is 5.32 Å². The SMILES string of the molecule is Cc1ccc(C(=O)Cc2cccc(OC(F)(F)F)c2)cc1Nc1nc(-c2ccncc2)nc2c1ncn2C. The van der Waals surface area contributed by atoms with Gasteiger partial charge in [-0.25, -0.2) is 15.0 Å². The number of aryl methyl sites for hydroxylation is 2. The Labute approximate surface area is 215 Å². The molecule has 2 aromatic carbocycles. The second-order valence-corrected chi connectivity index (χ2v) is 8.61. The van der Waals surface area contributed by atoms with Gasteiger partial charge in [0.1, 0.15) is 5.75 Å². The number of rotatable bonds is 7. The molecule has 192 valence electrons. The van der Waals surface area contributed by atoms with E-state index in [-0.39, 0.29) is 18.0 Å². The minimum Gasteiger partial charge on any atom is -0.406 e. The summed E-state index contributed by atoms with van der Waals surface area (Å²) in [6.07, 6.45) is 0.0519. The zero-order valence-corrected chi connectivity index (χ0v) is 20.3. The topological polar surface area (TPSA) is 94.8 Å². The van der Waals surface area contributed by atoms with Gasteiger partial charge in [-0.05, 0) is 48.4 Å². The van der Waals surface area contributed by atoms with Crippen LogP contribution in [0.2, 0.25) is 0 Å². The number of pyridine rings is 1. The molecule has 0 fully saturated rings. The van der Waals surface area contributed by atoms with Crippen LogP contribution in [0.1, 0.15) is 21.5 Å². The molecule has 0 radical (unpaired) electrons. The number of halogens is 3. The lowest BCUT2D eigenvalue weighted by molar-refractivity contribution is -0.274. The van der Waals surface area contributed by atoms with Crippen molar-refractivity contribution in [2.24, 2.45) is 7.05 Å². The standard InChI is InChI=1S/C27H21F3N6O2/c1-16-6-7-19(22(37)13-17-4-3-5-20(12-17)38-27(28,29)30)14-21(16)33-25-23-26(36(2)15-32-23)35-24(34-25)18-8-10-31-11-9-18/h3-12,14-15H,13H2,1-2H3,(H,33,34,35). The minimum atomic E-state index is -4.81. The number of carbonyl (C=O) groups excluding carboxylic acids is 1. The molecule has 5 aromatic rings. The summed E-state index contributed by atoms with van der Waals surface area (Å²) < 4.78 is 43.5. The van der Waals surface area contributed by atoms with Gasteiger partial charge in [-0.1, -0.05) is 24.3 Å². The quantitative estimate of drug-likeness (QED) is 0.272. The van der Waals surface area contributed by atoms with E-state index in [2.05, 4.69) is 30.0 Å². The number of nitrogens with zero attached hydrogens (tertiary/aromatic N) is 5. The summed E-state index contributed by atoms with van der Waals surface area (Å²) in [6, 6.07) is 14.2. The predicted octanol–water partition coefficient (Wildman–Crippen LogP) is 5.80. The second-order valence-electron chi connectivity index (χ2n) is 8.61. The molecule has 3 heterocycles. The maximum Gasteiger partial charge on any atom is 0.573 e. The number of hydrogen-bond acceptors (Lipinski definition) is 7. The van der Waals surface area contributed by atoms with Crippen molar-refractivity contribution in [3.63, 3.8) is 0 Å². The van der Waals surface area contributed by atoms with Crippen molar-refractivity contribution in [1.82, 2.24) is 24.5 Å². The van der Waals surface area contributed by atoms with Gasteiger partial charge in [0, 0.05) is 42.7 Å². The van der Waals surface area contributed by atoms with Crippen molar-refractivity contribution in [3.05, 3.63) is 90.0 Å². The highest BCUT2D eigenvalue weighted by molar-refractivity contribution is 5.99. The summed E-state index contributed by atoms with van der Waals surface area (Å²) in [7, 11) is 1.84. The fraction of sp³-hybridized carbons (Fsp3) is 0.148. The molecule has 0 saturated heterocycles. The number of alkyl halides is 3. The van der Waals surface area contributed by atoms with E-state index in [4.69, 9.17) is 0 Å². The van der Waals surface area contributed by atoms with Crippen LogP contribution in [-0.2, 0) is 13.5 Å². The fourth-order valence-corrected chi connectivity index (χ4v) is 3.92. The second kappa shape index (κ2) is 9.92. The smallest absolute Gasteiger partial charge is 0.406 e. The van der Waals surface area contributed by atoms with Crippen molar-refractivity contribution < 1.29 is 22.7 Å². The van der Waals surface area contributed by atoms with Gasteiger partial charge < -0.3 is 14.6 Å². The average molecular weight is 518 g/mol. The Bertz CT molecular complexity index is 1630. The molecule has 0 unspecified atom stereocenters. The molecule has 0 spiro atoms. The van der Waals surface area contributed by atoms with Crippen molar-refractivity contribution in [1.29, 1.82) is 0 Å². The Kier molecular flexibility index (Phi) is 6.50. The number of carbonyl (C=O) groups is 1. The van der Waals surface area contributed by atoms with E-state index in [1.54, 1.807) is 59.7 Å². The van der Waals surface area contributed by atoms with Crippen LogP contribution in [0.4, 0.5) is 24.7 Å². The van der Waals surface area contributed by atoms with Gasteiger partial charge in [-0.2, -0.15) is 0 Å². The normalized spacial score (nSPS) is 11.5. The predicted molar refractivity (Wildman–Crippen MR) is 135 cm³/mol. The van der Waals surface area contributed by atoms with Gasteiger partial charge in [0.2, 0.25) is 0 Å². The molecule has 8 nitrogen and oxygen atoms in total. The molecule has 0 aliphatic rings. The minimum absolute atomic E-state index is 0.0955. The monoisotopic (exact) mass is 518 g/mol. The van der Waals surface area contributed by atoms with Gasteiger partial charge in [0.15, 0.2) is 28.6 Å². The third-order valence-electron chi connectivity index (χ3n) is 5.81. The van der Waals surface area contributed by atoms with Crippen LogP contribution in [0.3, 0.4) is 0 Å². The van der Waals surface area contributed by atoms with Crippen LogP contribution in [0.15, 0.2) is 73.3 Å². The molecule has 0 bridgehead atoms. The number of ether oxygens (including phenoxy) is 1. The first kappa shape index (κ1) is 24.9.